The van der Waals surface area contributed by atoms with Gasteiger partial charge in [0.25, 0.3) is 0 Å². The smallest absolute Gasteiger partial charge is 0.114 e. The molecule has 0 aliphatic rings. The van der Waals surface area contributed by atoms with Gasteiger partial charge in [-0.05, 0) is 102 Å². The van der Waals surface area contributed by atoms with E-state index in [1.165, 1.54) is 221 Å². The van der Waals surface area contributed by atoms with Crippen molar-refractivity contribution in [2.75, 3.05) is 0 Å². The maximum absolute atomic E-state index is 4.96. The van der Waals surface area contributed by atoms with Crippen LogP contribution in [0.5, 0.6) is 0 Å². The van der Waals surface area contributed by atoms with Crippen LogP contribution < -0.4 is 0 Å². The molecule has 8 heterocycles. The Balaban J connectivity index is 0.788. The molecule has 12 heteroatoms. The molecule has 8 aromatic heterocycles. The van der Waals surface area contributed by atoms with Gasteiger partial charge in [0.2, 0.25) is 0 Å². The van der Waals surface area contributed by atoms with Gasteiger partial charge in [0.15, 0.2) is 0 Å². The lowest BCUT2D eigenvalue weighted by atomic mass is 9.91. The number of fused-ring (bicyclic) bond motifs is 5. The molecule has 0 bridgehead atoms. The van der Waals surface area contributed by atoms with E-state index in [4.69, 9.17) is 17.5 Å². The molecule has 0 amide bonds. The summed E-state index contributed by atoms with van der Waals surface area (Å²) >= 11 is 11.9. The van der Waals surface area contributed by atoms with Crippen molar-refractivity contribution in [3.63, 3.8) is 0 Å². The minimum absolute atomic E-state index is 0.506. The van der Waals surface area contributed by atoms with E-state index in [2.05, 4.69) is 159 Å². The van der Waals surface area contributed by atoms with Crippen molar-refractivity contribution < 1.29 is 0 Å². The van der Waals surface area contributed by atoms with Gasteiger partial charge in [0, 0.05) is 88.5 Å². The van der Waals surface area contributed by atoms with E-state index in [1.54, 1.807) is 11.3 Å². The first kappa shape index (κ1) is 56.3. The van der Waals surface area contributed by atoms with Crippen LogP contribution in [0.4, 0.5) is 0 Å². The van der Waals surface area contributed by atoms with Gasteiger partial charge in [-0.15, -0.1) is 56.7 Å². The van der Waals surface area contributed by atoms with Crippen LogP contribution in [0.3, 0.4) is 0 Å². The van der Waals surface area contributed by atoms with Gasteiger partial charge in [0.05, 0.1) is 29.0 Å². The third kappa shape index (κ3) is 12.1. The largest absolute Gasteiger partial charge is 0.337 e. The van der Waals surface area contributed by atoms with Crippen LogP contribution in [0.25, 0.3) is 116 Å². The van der Waals surface area contributed by atoms with E-state index >= 15 is 0 Å². The second kappa shape index (κ2) is 26.6. The van der Waals surface area contributed by atoms with Crippen LogP contribution in [0.2, 0.25) is 0 Å². The highest BCUT2D eigenvalue weighted by Gasteiger charge is 2.24. The van der Waals surface area contributed by atoms with Crippen molar-refractivity contribution in [2.24, 2.45) is 5.92 Å². The Kier molecular flexibility index (Phi) is 18.5. The molecule has 5 nitrogen and oxygen atoms in total. The summed E-state index contributed by atoms with van der Waals surface area (Å²) in [7, 11) is 0. The summed E-state index contributed by atoms with van der Waals surface area (Å²) < 4.78 is 22.6. The second-order valence-corrected chi connectivity index (χ2v) is 28.5. The topological polar surface area (TPSA) is 56.5 Å². The molecular formula is C69H73N5S7. The van der Waals surface area contributed by atoms with Crippen LogP contribution in [-0.2, 0) is 6.42 Å². The summed E-state index contributed by atoms with van der Waals surface area (Å²) in [5.74, 6) is 0.695. The van der Waals surface area contributed by atoms with Gasteiger partial charge in [-0.2, -0.15) is 17.5 Å². The zero-order valence-electron chi connectivity index (χ0n) is 47.3. The SMILES string of the molecule is CCCCCCCCC(CCCCCCCC)n1c2ccccc2c2ccc(-c3ccc(-c4ccc(-c5ccc(-c6ccc(-c7ccc(-c8cc(CC(CC)CCCC)c(-c9cccs9)s8)c8nsnc78)s6)c6nsnc56)s4)s3)cc21. The highest BCUT2D eigenvalue weighted by atomic mass is 32.1. The third-order valence-corrected chi connectivity index (χ3v) is 23.6. The Labute approximate surface area is 507 Å². The Bertz CT molecular complexity index is 3970. The molecule has 0 radical (unpaired) electrons. The van der Waals surface area contributed by atoms with Gasteiger partial charge < -0.3 is 4.57 Å². The fourth-order valence-corrected chi connectivity index (χ4v) is 18.7. The monoisotopic (exact) mass is 1200 g/mol. The molecule has 4 aromatic carbocycles. The number of hydrogen-bond acceptors (Lipinski definition) is 11. The maximum Gasteiger partial charge on any atom is 0.114 e. The number of aromatic nitrogens is 5. The molecule has 0 aliphatic carbocycles. The van der Waals surface area contributed by atoms with E-state index in [1.807, 2.05) is 45.3 Å². The highest BCUT2D eigenvalue weighted by Crippen LogP contribution is 2.48. The Hall–Kier alpha value is -5.18. The van der Waals surface area contributed by atoms with E-state index < -0.39 is 0 Å². The molecular weight excluding hydrogens is 1120 g/mol. The van der Waals surface area contributed by atoms with Crippen LogP contribution >= 0.6 is 80.1 Å². The summed E-state index contributed by atoms with van der Waals surface area (Å²) in [4.78, 5) is 11.5. The summed E-state index contributed by atoms with van der Waals surface area (Å²) in [5.41, 5.74) is 14.0. The second-order valence-electron chi connectivity index (χ2n) is 22.2. The molecule has 1 unspecified atom stereocenters. The molecule has 81 heavy (non-hydrogen) atoms. The zero-order valence-corrected chi connectivity index (χ0v) is 53.0. The van der Waals surface area contributed by atoms with Crippen LogP contribution in [0.15, 0.2) is 127 Å². The number of unbranched alkanes of at least 4 members (excludes halogenated alkanes) is 11. The average molecular weight is 1200 g/mol. The number of thiophene rings is 5. The van der Waals surface area contributed by atoms with E-state index in [0.29, 0.717) is 12.0 Å². The number of para-hydroxylation sites is 1. The predicted molar refractivity (Wildman–Crippen MR) is 361 cm³/mol. The fourth-order valence-electron chi connectivity index (χ4n) is 12.2. The highest BCUT2D eigenvalue weighted by molar-refractivity contribution is 7.25. The quantitative estimate of drug-likeness (QED) is 0.0459. The molecule has 1 atom stereocenters. The van der Waals surface area contributed by atoms with Crippen molar-refractivity contribution >= 4 is 124 Å². The number of hydrogen-bond donors (Lipinski definition) is 0. The van der Waals surface area contributed by atoms with Crippen LogP contribution in [0.1, 0.15) is 155 Å². The van der Waals surface area contributed by atoms with E-state index in [9.17, 15) is 0 Å². The van der Waals surface area contributed by atoms with Crippen molar-refractivity contribution in [1.29, 1.82) is 0 Å². The molecule has 0 fully saturated rings. The molecule has 0 saturated carbocycles. The fraction of sp³-hybridized carbons (Fsp3) is 0.362. The lowest BCUT2D eigenvalue weighted by molar-refractivity contribution is 0.410. The normalized spacial score (nSPS) is 12.5. The van der Waals surface area contributed by atoms with Crippen molar-refractivity contribution in [1.82, 2.24) is 22.1 Å². The van der Waals surface area contributed by atoms with Gasteiger partial charge in [-0.1, -0.05) is 191 Å². The van der Waals surface area contributed by atoms with Crippen LogP contribution in [0, 0.1) is 5.92 Å². The summed E-state index contributed by atoms with van der Waals surface area (Å²) in [6.07, 6.45) is 24.7. The number of rotatable bonds is 28. The van der Waals surface area contributed by atoms with Crippen molar-refractivity contribution in [2.45, 2.75) is 156 Å². The maximum atomic E-state index is 4.96. The molecule has 0 spiro atoms. The summed E-state index contributed by atoms with van der Waals surface area (Å²) in [5, 5.41) is 4.96. The molecule has 416 valence electrons. The first-order valence-corrected chi connectivity index (χ1v) is 35.6. The molecule has 0 saturated heterocycles. The first-order valence-electron chi connectivity index (χ1n) is 30.0. The zero-order chi connectivity index (χ0) is 55.1. The number of benzene rings is 4. The Morgan fingerprint density at radius 3 is 1.51 bits per heavy atom. The van der Waals surface area contributed by atoms with Crippen molar-refractivity contribution in [3.8, 4) is 71.7 Å². The van der Waals surface area contributed by atoms with E-state index in [-0.39, 0.29) is 0 Å². The molecule has 0 aliphatic heterocycles. The van der Waals surface area contributed by atoms with Gasteiger partial charge in [-0.25, -0.2) is 0 Å². The Morgan fingerprint density at radius 1 is 0.407 bits per heavy atom. The van der Waals surface area contributed by atoms with Gasteiger partial charge in [-0.3, -0.25) is 0 Å². The first-order chi connectivity index (χ1) is 40.0. The summed E-state index contributed by atoms with van der Waals surface area (Å²) in [6.45, 7) is 9.29. The molecule has 12 aromatic rings. The standard InChI is InChI=1S/C69H73N5S7/c1-5-9-12-14-16-18-24-48(25-19-17-15-13-10-6-2)74-55-27-21-20-26-49(55)50-30-29-46(43-56(50)74)57-35-39-61(76-57)62-40-38-60(78-62)53-32-31-51(65-66(53)71-80-70-65)58-36-37-59(77-58)52-33-34-54(68-67(52)72-81-73-68)64-44-47(42-45(8-4)23-11-7-3)69(79-64)63-28-22-41-75-63/h20-22,26-41,43-45,48H,5-19,23-25,42H2,1-4H3. The summed E-state index contributed by atoms with van der Waals surface area (Å²) in [6, 6.07) is 46.7. The number of nitrogens with zero attached hydrogens (tertiary/aromatic N) is 5. The third-order valence-electron chi connectivity index (χ3n) is 16.7. The lowest BCUT2D eigenvalue weighted by Crippen LogP contribution is -2.09. The minimum Gasteiger partial charge on any atom is -0.337 e. The Morgan fingerprint density at radius 2 is 0.926 bits per heavy atom. The van der Waals surface area contributed by atoms with Crippen molar-refractivity contribution in [3.05, 3.63) is 132 Å². The van der Waals surface area contributed by atoms with Gasteiger partial charge >= 0.3 is 0 Å². The van der Waals surface area contributed by atoms with E-state index in [0.717, 1.165) is 45.2 Å². The minimum atomic E-state index is 0.506. The van der Waals surface area contributed by atoms with Crippen LogP contribution in [-0.4, -0.2) is 22.1 Å². The molecule has 12 rings (SSSR count). The lowest BCUT2D eigenvalue weighted by Gasteiger charge is -2.22. The van der Waals surface area contributed by atoms with Gasteiger partial charge in [0.1, 0.15) is 22.1 Å². The average Bonchev–Trinajstić information content (AvgIpc) is 4.50. The predicted octanol–water partition coefficient (Wildman–Crippen LogP) is 24.6. The molecule has 0 N–H and O–H groups in total.